The molecule has 1 aromatic rings. The lowest BCUT2D eigenvalue weighted by Crippen LogP contribution is -2.45. The third-order valence-corrected chi connectivity index (χ3v) is 4.18. The molecule has 1 unspecified atom stereocenters. The number of nitrogens with zero attached hydrogens (tertiary/aromatic N) is 1. The van der Waals surface area contributed by atoms with Gasteiger partial charge in [0.2, 0.25) is 5.75 Å². The van der Waals surface area contributed by atoms with Crippen LogP contribution in [0.1, 0.15) is 36.5 Å². The number of rotatable bonds is 5. The summed E-state index contributed by atoms with van der Waals surface area (Å²) in [5.74, 6) is 0.0687. The van der Waals surface area contributed by atoms with Gasteiger partial charge in [-0.1, -0.05) is 0 Å². The predicted octanol–water partition coefficient (Wildman–Crippen LogP) is 2.30. The molecule has 0 spiro atoms. The summed E-state index contributed by atoms with van der Waals surface area (Å²) < 4.78 is 15.7. The van der Waals surface area contributed by atoms with E-state index in [0.29, 0.717) is 23.8 Å². The Morgan fingerprint density at radius 2 is 1.65 bits per heavy atom. The van der Waals surface area contributed by atoms with E-state index in [1.807, 2.05) is 6.92 Å². The van der Waals surface area contributed by atoms with Crippen molar-refractivity contribution in [3.63, 3.8) is 0 Å². The SMILES string of the molecule is COc1cc(C(=O)C(=O)N2CCCCC2C)cc(OC)c1OC. The summed E-state index contributed by atoms with van der Waals surface area (Å²) >= 11 is 0. The molecule has 6 nitrogen and oxygen atoms in total. The summed E-state index contributed by atoms with van der Waals surface area (Å²) in [5, 5.41) is 0. The lowest BCUT2D eigenvalue weighted by atomic mass is 10.0. The van der Waals surface area contributed by atoms with E-state index in [0.717, 1.165) is 19.3 Å². The second-order valence-electron chi connectivity index (χ2n) is 5.59. The first-order valence-electron chi connectivity index (χ1n) is 7.68. The highest BCUT2D eigenvalue weighted by atomic mass is 16.5. The van der Waals surface area contributed by atoms with Crippen LogP contribution in [-0.4, -0.2) is 50.5 Å². The summed E-state index contributed by atoms with van der Waals surface area (Å²) in [4.78, 5) is 26.8. The maximum absolute atomic E-state index is 12.6. The molecule has 1 fully saturated rings. The van der Waals surface area contributed by atoms with E-state index in [1.54, 1.807) is 4.90 Å². The number of likely N-dealkylation sites (tertiary alicyclic amines) is 1. The van der Waals surface area contributed by atoms with Crippen molar-refractivity contribution >= 4 is 11.7 Å². The molecule has 1 saturated heterocycles. The molecule has 0 bridgehead atoms. The molecule has 0 aliphatic carbocycles. The number of ketones is 1. The van der Waals surface area contributed by atoms with E-state index >= 15 is 0 Å². The summed E-state index contributed by atoms with van der Waals surface area (Å²) in [6, 6.07) is 3.11. The van der Waals surface area contributed by atoms with E-state index < -0.39 is 11.7 Å². The Kier molecular flexibility index (Phi) is 5.47. The zero-order valence-electron chi connectivity index (χ0n) is 14.0. The van der Waals surface area contributed by atoms with E-state index in [1.165, 1.54) is 33.5 Å². The average molecular weight is 321 g/mol. The first-order chi connectivity index (χ1) is 11.0. The van der Waals surface area contributed by atoms with Crippen molar-refractivity contribution in [1.82, 2.24) is 4.90 Å². The fraction of sp³-hybridized carbons (Fsp3) is 0.529. The molecule has 1 aliphatic rings. The molecule has 126 valence electrons. The van der Waals surface area contributed by atoms with Crippen LogP contribution in [0.2, 0.25) is 0 Å². The van der Waals surface area contributed by atoms with Gasteiger partial charge in [-0.2, -0.15) is 0 Å². The Balaban J connectivity index is 2.33. The molecule has 0 saturated carbocycles. The third kappa shape index (κ3) is 3.41. The molecule has 0 radical (unpaired) electrons. The van der Waals surface area contributed by atoms with Gasteiger partial charge in [0.1, 0.15) is 0 Å². The minimum Gasteiger partial charge on any atom is -0.493 e. The number of ether oxygens (including phenoxy) is 3. The van der Waals surface area contributed by atoms with Gasteiger partial charge in [0.05, 0.1) is 21.3 Å². The van der Waals surface area contributed by atoms with Crippen molar-refractivity contribution in [3.05, 3.63) is 17.7 Å². The van der Waals surface area contributed by atoms with Crippen LogP contribution in [0.5, 0.6) is 17.2 Å². The van der Waals surface area contributed by atoms with Gasteiger partial charge >= 0.3 is 0 Å². The van der Waals surface area contributed by atoms with E-state index in [-0.39, 0.29) is 11.6 Å². The van der Waals surface area contributed by atoms with Crippen LogP contribution in [-0.2, 0) is 4.79 Å². The molecule has 6 heteroatoms. The molecule has 1 amide bonds. The zero-order chi connectivity index (χ0) is 17.0. The minimum absolute atomic E-state index is 0.0854. The Hall–Kier alpha value is -2.24. The fourth-order valence-corrected chi connectivity index (χ4v) is 2.87. The van der Waals surface area contributed by atoms with Gasteiger partial charge in [0.25, 0.3) is 11.7 Å². The van der Waals surface area contributed by atoms with Crippen molar-refractivity contribution in [1.29, 1.82) is 0 Å². The third-order valence-electron chi connectivity index (χ3n) is 4.18. The Morgan fingerprint density at radius 1 is 1.04 bits per heavy atom. The van der Waals surface area contributed by atoms with Gasteiger partial charge in [0, 0.05) is 18.2 Å². The van der Waals surface area contributed by atoms with Crippen LogP contribution in [0.3, 0.4) is 0 Å². The second-order valence-corrected chi connectivity index (χ2v) is 5.59. The number of amides is 1. The summed E-state index contributed by atoms with van der Waals surface area (Å²) in [5.41, 5.74) is 0.238. The monoisotopic (exact) mass is 321 g/mol. The fourth-order valence-electron chi connectivity index (χ4n) is 2.87. The summed E-state index contributed by atoms with van der Waals surface area (Å²) in [6.07, 6.45) is 2.94. The van der Waals surface area contributed by atoms with Crippen LogP contribution in [0, 0.1) is 0 Å². The minimum atomic E-state index is -0.557. The number of carbonyl (C=O) groups excluding carboxylic acids is 2. The Bertz CT molecular complexity index is 574. The molecular weight excluding hydrogens is 298 g/mol. The molecule has 1 aliphatic heterocycles. The van der Waals surface area contributed by atoms with Crippen molar-refractivity contribution in [2.75, 3.05) is 27.9 Å². The number of hydrogen-bond acceptors (Lipinski definition) is 5. The normalized spacial score (nSPS) is 17.6. The first kappa shape index (κ1) is 17.1. The molecule has 1 heterocycles. The zero-order valence-corrected chi connectivity index (χ0v) is 14.0. The topological polar surface area (TPSA) is 65.1 Å². The number of piperidine rings is 1. The lowest BCUT2D eigenvalue weighted by Gasteiger charge is -2.32. The highest BCUT2D eigenvalue weighted by Gasteiger charge is 2.30. The van der Waals surface area contributed by atoms with Gasteiger partial charge in [-0.05, 0) is 38.3 Å². The highest BCUT2D eigenvalue weighted by Crippen LogP contribution is 2.38. The van der Waals surface area contributed by atoms with Gasteiger partial charge < -0.3 is 19.1 Å². The van der Waals surface area contributed by atoms with Gasteiger partial charge in [-0.15, -0.1) is 0 Å². The molecule has 1 aromatic carbocycles. The smallest absolute Gasteiger partial charge is 0.295 e. The molecule has 0 N–H and O–H groups in total. The number of Topliss-reactive ketones (excluding diaryl/α,β-unsaturated/α-hetero) is 1. The number of hydrogen-bond donors (Lipinski definition) is 0. The molecule has 23 heavy (non-hydrogen) atoms. The van der Waals surface area contributed by atoms with E-state index in [2.05, 4.69) is 0 Å². The number of methoxy groups -OCH3 is 3. The number of benzene rings is 1. The highest BCUT2D eigenvalue weighted by molar-refractivity contribution is 6.42. The quantitative estimate of drug-likeness (QED) is 0.615. The van der Waals surface area contributed by atoms with Gasteiger partial charge in [-0.25, -0.2) is 0 Å². The standard InChI is InChI=1S/C17H23NO5/c1-11-7-5-6-8-18(11)17(20)15(19)12-9-13(21-2)16(23-4)14(10-12)22-3/h9-11H,5-8H2,1-4H3. The summed E-state index contributed by atoms with van der Waals surface area (Å²) in [7, 11) is 4.43. The van der Waals surface area contributed by atoms with Crippen LogP contribution in [0.25, 0.3) is 0 Å². The Labute approximate surface area is 136 Å². The van der Waals surface area contributed by atoms with Crippen molar-refractivity contribution in [2.24, 2.45) is 0 Å². The average Bonchev–Trinajstić information content (AvgIpc) is 2.59. The van der Waals surface area contributed by atoms with Crippen molar-refractivity contribution in [3.8, 4) is 17.2 Å². The van der Waals surface area contributed by atoms with Gasteiger partial charge in [0.15, 0.2) is 11.5 Å². The van der Waals surface area contributed by atoms with Gasteiger partial charge in [-0.3, -0.25) is 9.59 Å². The van der Waals surface area contributed by atoms with E-state index in [9.17, 15) is 9.59 Å². The maximum atomic E-state index is 12.6. The van der Waals surface area contributed by atoms with Crippen LogP contribution < -0.4 is 14.2 Å². The lowest BCUT2D eigenvalue weighted by molar-refractivity contribution is -0.129. The maximum Gasteiger partial charge on any atom is 0.295 e. The van der Waals surface area contributed by atoms with Crippen molar-refractivity contribution < 1.29 is 23.8 Å². The van der Waals surface area contributed by atoms with Crippen LogP contribution in [0.15, 0.2) is 12.1 Å². The summed E-state index contributed by atoms with van der Waals surface area (Å²) in [6.45, 7) is 2.59. The first-order valence-corrected chi connectivity index (χ1v) is 7.68. The molecule has 0 aromatic heterocycles. The molecular formula is C17H23NO5. The van der Waals surface area contributed by atoms with E-state index in [4.69, 9.17) is 14.2 Å². The van der Waals surface area contributed by atoms with Crippen molar-refractivity contribution in [2.45, 2.75) is 32.2 Å². The molecule has 1 atom stereocenters. The Morgan fingerprint density at radius 3 is 2.13 bits per heavy atom. The van der Waals surface area contributed by atoms with Crippen LogP contribution in [0.4, 0.5) is 0 Å². The molecule has 2 rings (SSSR count). The largest absolute Gasteiger partial charge is 0.493 e. The van der Waals surface area contributed by atoms with Crippen LogP contribution >= 0.6 is 0 Å². The predicted molar refractivity (Wildman–Crippen MR) is 85.5 cm³/mol. The number of carbonyl (C=O) groups is 2. The second kappa shape index (κ2) is 7.35.